The first-order valence-electron chi connectivity index (χ1n) is 7.35. The van der Waals surface area contributed by atoms with Crippen molar-refractivity contribution >= 4 is 11.8 Å². The Kier molecular flexibility index (Phi) is 3.98. The molecular formula is C14H26N2S. The largest absolute Gasteiger partial charge is 0.314 e. The molecule has 1 saturated heterocycles. The van der Waals surface area contributed by atoms with Gasteiger partial charge in [0.25, 0.3) is 0 Å². The van der Waals surface area contributed by atoms with E-state index in [1.807, 2.05) is 0 Å². The maximum atomic E-state index is 3.70. The summed E-state index contributed by atoms with van der Waals surface area (Å²) in [7, 11) is 0. The molecule has 3 rings (SSSR count). The van der Waals surface area contributed by atoms with Gasteiger partial charge in [-0.25, -0.2) is 0 Å². The fourth-order valence-electron chi connectivity index (χ4n) is 3.44. The van der Waals surface area contributed by atoms with E-state index in [-0.39, 0.29) is 0 Å². The SMILES string of the molecule is CSC1CCC(N2CCC(CNC3CC3)C2)C1. The monoisotopic (exact) mass is 254 g/mol. The van der Waals surface area contributed by atoms with Crippen molar-refractivity contribution < 1.29 is 0 Å². The Hall–Kier alpha value is 0.270. The molecule has 1 heterocycles. The molecule has 17 heavy (non-hydrogen) atoms. The number of likely N-dealkylation sites (tertiary alicyclic amines) is 1. The zero-order valence-electron chi connectivity index (χ0n) is 11.0. The predicted octanol–water partition coefficient (Wildman–Crippen LogP) is 2.34. The molecule has 2 nitrogen and oxygen atoms in total. The van der Waals surface area contributed by atoms with E-state index in [0.717, 1.165) is 23.3 Å². The molecule has 98 valence electrons. The highest BCUT2D eigenvalue weighted by molar-refractivity contribution is 7.99. The maximum Gasteiger partial charge on any atom is 0.0106 e. The molecule has 3 atom stereocenters. The third-order valence-electron chi connectivity index (χ3n) is 4.80. The molecule has 0 aromatic carbocycles. The van der Waals surface area contributed by atoms with Crippen molar-refractivity contribution in [3.63, 3.8) is 0 Å². The fraction of sp³-hybridized carbons (Fsp3) is 1.00. The summed E-state index contributed by atoms with van der Waals surface area (Å²) in [5.41, 5.74) is 0. The van der Waals surface area contributed by atoms with Crippen LogP contribution in [0.5, 0.6) is 0 Å². The number of hydrogen-bond acceptors (Lipinski definition) is 3. The number of nitrogens with one attached hydrogen (secondary N) is 1. The van der Waals surface area contributed by atoms with Crippen LogP contribution in [0, 0.1) is 5.92 Å². The van der Waals surface area contributed by atoms with Crippen LogP contribution in [0.15, 0.2) is 0 Å². The smallest absolute Gasteiger partial charge is 0.0106 e. The van der Waals surface area contributed by atoms with Crippen LogP contribution in [-0.2, 0) is 0 Å². The van der Waals surface area contributed by atoms with E-state index in [1.54, 1.807) is 0 Å². The molecule has 0 radical (unpaired) electrons. The van der Waals surface area contributed by atoms with Crippen LogP contribution in [0.4, 0.5) is 0 Å². The molecular weight excluding hydrogens is 228 g/mol. The first-order chi connectivity index (χ1) is 8.35. The van der Waals surface area contributed by atoms with Crippen LogP contribution < -0.4 is 5.32 Å². The lowest BCUT2D eigenvalue weighted by Crippen LogP contribution is -2.33. The molecule has 2 aliphatic carbocycles. The summed E-state index contributed by atoms with van der Waals surface area (Å²) in [6.45, 7) is 4.01. The van der Waals surface area contributed by atoms with Gasteiger partial charge in [-0.3, -0.25) is 0 Å². The molecule has 0 spiro atoms. The molecule has 3 aliphatic rings. The number of hydrogen-bond donors (Lipinski definition) is 1. The van der Waals surface area contributed by atoms with Gasteiger partial charge in [-0.05, 0) is 63.8 Å². The molecule has 3 heteroatoms. The molecule has 0 aromatic heterocycles. The second kappa shape index (κ2) is 5.50. The van der Waals surface area contributed by atoms with E-state index in [4.69, 9.17) is 0 Å². The Bertz CT molecular complexity index is 255. The van der Waals surface area contributed by atoms with Gasteiger partial charge in [0.15, 0.2) is 0 Å². The van der Waals surface area contributed by atoms with E-state index in [2.05, 4.69) is 28.2 Å². The zero-order valence-corrected chi connectivity index (χ0v) is 11.8. The Balaban J connectivity index is 1.40. The molecule has 3 unspecified atom stereocenters. The summed E-state index contributed by atoms with van der Waals surface area (Å²) >= 11 is 2.08. The lowest BCUT2D eigenvalue weighted by atomic mass is 10.1. The summed E-state index contributed by atoms with van der Waals surface area (Å²) in [5.74, 6) is 0.934. The number of thioether (sulfide) groups is 1. The van der Waals surface area contributed by atoms with Crippen molar-refractivity contribution in [2.75, 3.05) is 25.9 Å². The van der Waals surface area contributed by atoms with Crippen LogP contribution in [-0.4, -0.2) is 48.1 Å². The van der Waals surface area contributed by atoms with Gasteiger partial charge >= 0.3 is 0 Å². The van der Waals surface area contributed by atoms with E-state index in [9.17, 15) is 0 Å². The Morgan fingerprint density at radius 2 is 2.06 bits per heavy atom. The zero-order chi connectivity index (χ0) is 11.7. The van der Waals surface area contributed by atoms with E-state index in [1.165, 1.54) is 58.2 Å². The van der Waals surface area contributed by atoms with Crippen molar-refractivity contribution in [2.45, 2.75) is 55.9 Å². The van der Waals surface area contributed by atoms with Crippen LogP contribution in [0.2, 0.25) is 0 Å². The average Bonchev–Trinajstić information content (AvgIpc) is 2.89. The standard InChI is InChI=1S/C14H26N2S/c1-17-14-5-4-13(8-14)16-7-6-11(10-16)9-15-12-2-3-12/h11-15H,2-10H2,1H3. The Morgan fingerprint density at radius 1 is 1.18 bits per heavy atom. The van der Waals surface area contributed by atoms with E-state index >= 15 is 0 Å². The molecule has 1 N–H and O–H groups in total. The van der Waals surface area contributed by atoms with Crippen molar-refractivity contribution in [3.8, 4) is 0 Å². The van der Waals surface area contributed by atoms with Crippen molar-refractivity contribution in [3.05, 3.63) is 0 Å². The van der Waals surface area contributed by atoms with Gasteiger partial charge in [0.05, 0.1) is 0 Å². The minimum atomic E-state index is 0.886. The summed E-state index contributed by atoms with van der Waals surface area (Å²) in [5, 5.41) is 4.65. The van der Waals surface area contributed by atoms with E-state index < -0.39 is 0 Å². The van der Waals surface area contributed by atoms with Gasteiger partial charge < -0.3 is 10.2 Å². The first kappa shape index (κ1) is 12.3. The quantitative estimate of drug-likeness (QED) is 0.811. The summed E-state index contributed by atoms with van der Waals surface area (Å²) in [4.78, 5) is 2.79. The van der Waals surface area contributed by atoms with Gasteiger partial charge in [-0.2, -0.15) is 11.8 Å². The summed E-state index contributed by atoms with van der Waals surface area (Å²) in [6, 6.07) is 1.80. The summed E-state index contributed by atoms with van der Waals surface area (Å²) in [6.07, 6.45) is 10.9. The minimum absolute atomic E-state index is 0.886. The highest BCUT2D eigenvalue weighted by atomic mass is 32.2. The molecule has 0 aromatic rings. The number of rotatable bonds is 5. The lowest BCUT2D eigenvalue weighted by molar-refractivity contribution is 0.237. The average molecular weight is 254 g/mol. The predicted molar refractivity (Wildman–Crippen MR) is 75.6 cm³/mol. The summed E-state index contributed by atoms with van der Waals surface area (Å²) < 4.78 is 0. The molecule has 3 fully saturated rings. The van der Waals surface area contributed by atoms with Gasteiger partial charge in [0.2, 0.25) is 0 Å². The molecule has 2 saturated carbocycles. The first-order valence-corrected chi connectivity index (χ1v) is 8.64. The van der Waals surface area contributed by atoms with Crippen LogP contribution >= 0.6 is 11.8 Å². The van der Waals surface area contributed by atoms with Crippen molar-refractivity contribution in [1.82, 2.24) is 10.2 Å². The van der Waals surface area contributed by atoms with Crippen molar-refractivity contribution in [1.29, 1.82) is 0 Å². The van der Waals surface area contributed by atoms with Crippen LogP contribution in [0.25, 0.3) is 0 Å². The molecule has 1 aliphatic heterocycles. The third kappa shape index (κ3) is 3.18. The fourth-order valence-corrected chi connectivity index (χ4v) is 4.23. The topological polar surface area (TPSA) is 15.3 Å². The van der Waals surface area contributed by atoms with Gasteiger partial charge in [0.1, 0.15) is 0 Å². The second-order valence-corrected chi connectivity index (χ2v) is 7.29. The van der Waals surface area contributed by atoms with Gasteiger partial charge in [-0.15, -0.1) is 0 Å². The van der Waals surface area contributed by atoms with Crippen LogP contribution in [0.1, 0.15) is 38.5 Å². The lowest BCUT2D eigenvalue weighted by Gasteiger charge is -2.24. The molecule has 0 bridgehead atoms. The molecule has 0 amide bonds. The number of nitrogens with zero attached hydrogens (tertiary/aromatic N) is 1. The van der Waals surface area contributed by atoms with Gasteiger partial charge in [-0.1, -0.05) is 0 Å². The highest BCUT2D eigenvalue weighted by Gasteiger charge is 2.33. The normalized spacial score (nSPS) is 39.0. The minimum Gasteiger partial charge on any atom is -0.314 e. The van der Waals surface area contributed by atoms with E-state index in [0.29, 0.717) is 0 Å². The van der Waals surface area contributed by atoms with Gasteiger partial charge in [0, 0.05) is 23.9 Å². The highest BCUT2D eigenvalue weighted by Crippen LogP contribution is 2.34. The second-order valence-electron chi connectivity index (χ2n) is 6.16. The Labute approximate surface area is 110 Å². The third-order valence-corrected chi connectivity index (χ3v) is 5.89. The van der Waals surface area contributed by atoms with Crippen LogP contribution in [0.3, 0.4) is 0 Å². The van der Waals surface area contributed by atoms with Crippen molar-refractivity contribution in [2.24, 2.45) is 5.92 Å². The maximum absolute atomic E-state index is 3.70. The Morgan fingerprint density at radius 3 is 2.76 bits per heavy atom.